The highest BCUT2D eigenvalue weighted by Gasteiger charge is 2.20. The van der Waals surface area contributed by atoms with E-state index in [0.717, 1.165) is 49.9 Å². The van der Waals surface area contributed by atoms with Crippen molar-refractivity contribution < 1.29 is 18.7 Å². The molecule has 2 heterocycles. The third-order valence-corrected chi connectivity index (χ3v) is 8.43. The van der Waals surface area contributed by atoms with E-state index >= 15 is 0 Å². The molecule has 9 nitrogen and oxygen atoms in total. The number of likely N-dealkylation sites (N-methyl/N-ethyl adjacent to an activating group) is 1. The molecule has 1 saturated heterocycles. The van der Waals surface area contributed by atoms with Crippen molar-refractivity contribution in [3.05, 3.63) is 106 Å². The number of rotatable bonds is 11. The van der Waals surface area contributed by atoms with E-state index in [0.29, 0.717) is 18.0 Å². The molecule has 1 aromatic heterocycles. The molecule has 0 radical (unpaired) electrons. The fraction of sp³-hybridized carbons (Fsp3) is 0.229. The smallest absolute Gasteiger partial charge is 0.262 e. The molecule has 2 N–H and O–H groups in total. The number of aromatic nitrogens is 2. The van der Waals surface area contributed by atoms with Crippen molar-refractivity contribution in [1.29, 1.82) is 0 Å². The molecule has 47 heavy (non-hydrogen) atoms. The van der Waals surface area contributed by atoms with Gasteiger partial charge in [-0.3, -0.25) is 4.79 Å². The van der Waals surface area contributed by atoms with Gasteiger partial charge in [-0.2, -0.15) is 4.98 Å². The van der Waals surface area contributed by atoms with Crippen molar-refractivity contribution >= 4 is 57.2 Å². The molecule has 12 heteroatoms. The van der Waals surface area contributed by atoms with E-state index in [2.05, 4.69) is 37.4 Å². The fourth-order valence-electron chi connectivity index (χ4n) is 5.17. The third-order valence-electron chi connectivity index (χ3n) is 7.80. The Hall–Kier alpha value is -4.48. The fourth-order valence-corrected chi connectivity index (χ4v) is 5.66. The zero-order valence-electron chi connectivity index (χ0n) is 25.7. The van der Waals surface area contributed by atoms with Gasteiger partial charge in [0.2, 0.25) is 11.8 Å². The topological polar surface area (TPSA) is 91.9 Å². The van der Waals surface area contributed by atoms with E-state index in [1.165, 1.54) is 12.3 Å². The lowest BCUT2D eigenvalue weighted by atomic mass is 10.1. The van der Waals surface area contributed by atoms with Gasteiger partial charge in [0.05, 0.1) is 22.3 Å². The second-order valence-electron chi connectivity index (χ2n) is 11.2. The van der Waals surface area contributed by atoms with Gasteiger partial charge in [0, 0.05) is 50.7 Å². The summed E-state index contributed by atoms with van der Waals surface area (Å²) < 4.78 is 26.9. The largest absolute Gasteiger partial charge is 0.490 e. The van der Waals surface area contributed by atoms with Crippen molar-refractivity contribution in [1.82, 2.24) is 19.8 Å². The maximum atomic E-state index is 15.0. The standard InChI is InChI=1S/C35H33Cl2FN6O3/c1-43-15-17-44(18-16-43)14-5-19-46-31-13-11-25(21-30(31)38)40-35-39-22-27(33(45)41-32-28(36)8-4-9-29(32)37)34(42-35)47-26-12-10-23-6-2-3-7-24(23)20-26/h2-4,6-13,20-22H,5,14-19H2,1H3,(H,41,45)(H,39,40,42). The zero-order chi connectivity index (χ0) is 32.8. The third kappa shape index (κ3) is 8.28. The van der Waals surface area contributed by atoms with Crippen LogP contribution in [-0.2, 0) is 0 Å². The van der Waals surface area contributed by atoms with Crippen LogP contribution in [0.4, 0.5) is 21.7 Å². The Labute approximate surface area is 282 Å². The minimum Gasteiger partial charge on any atom is -0.490 e. The molecule has 1 aliphatic rings. The summed E-state index contributed by atoms with van der Waals surface area (Å²) in [4.78, 5) is 26.9. The Bertz CT molecular complexity index is 1870. The van der Waals surface area contributed by atoms with Crippen LogP contribution in [0.3, 0.4) is 0 Å². The SMILES string of the molecule is CN1CCN(CCCOc2ccc(Nc3ncc(C(=O)Nc4c(Cl)cccc4Cl)c(Oc4ccc5ccccc5c4)n3)cc2F)CC1. The Balaban J connectivity index is 1.18. The molecular weight excluding hydrogens is 642 g/mol. The number of nitrogens with one attached hydrogen (secondary N) is 2. The van der Waals surface area contributed by atoms with Crippen molar-refractivity contribution in [2.24, 2.45) is 0 Å². The maximum Gasteiger partial charge on any atom is 0.262 e. The number of halogens is 3. The van der Waals surface area contributed by atoms with Crippen molar-refractivity contribution in [2.45, 2.75) is 6.42 Å². The Morgan fingerprint density at radius 3 is 2.47 bits per heavy atom. The molecule has 0 saturated carbocycles. The summed E-state index contributed by atoms with van der Waals surface area (Å²) in [7, 11) is 2.13. The number of fused-ring (bicyclic) bond motifs is 1. The number of carbonyl (C=O) groups excluding carboxylic acids is 1. The summed E-state index contributed by atoms with van der Waals surface area (Å²) in [6.07, 6.45) is 2.12. The molecule has 1 amide bonds. The molecule has 0 atom stereocenters. The number of ether oxygens (including phenoxy) is 2. The van der Waals surface area contributed by atoms with Crippen LogP contribution in [0.25, 0.3) is 10.8 Å². The summed E-state index contributed by atoms with van der Waals surface area (Å²) >= 11 is 12.6. The number of carbonyl (C=O) groups is 1. The highest BCUT2D eigenvalue weighted by molar-refractivity contribution is 6.40. The molecule has 5 aromatic rings. The zero-order valence-corrected chi connectivity index (χ0v) is 27.2. The number of hydrogen-bond acceptors (Lipinski definition) is 8. The van der Waals surface area contributed by atoms with Crippen LogP contribution in [-0.4, -0.2) is 72.1 Å². The van der Waals surface area contributed by atoms with Crippen LogP contribution in [0, 0.1) is 5.82 Å². The second-order valence-corrected chi connectivity index (χ2v) is 12.0. The van der Waals surface area contributed by atoms with Crippen LogP contribution in [0.15, 0.2) is 85.1 Å². The molecule has 1 fully saturated rings. The van der Waals surface area contributed by atoms with Crippen molar-refractivity contribution in [3.8, 4) is 17.4 Å². The lowest BCUT2D eigenvalue weighted by molar-refractivity contribution is 0.102. The molecule has 1 aliphatic heterocycles. The molecule has 0 unspecified atom stereocenters. The molecule has 0 aliphatic carbocycles. The van der Waals surface area contributed by atoms with E-state index in [1.54, 1.807) is 36.4 Å². The van der Waals surface area contributed by atoms with Gasteiger partial charge in [0.25, 0.3) is 5.91 Å². The van der Waals surface area contributed by atoms with Gasteiger partial charge < -0.3 is 29.9 Å². The van der Waals surface area contributed by atoms with Crippen LogP contribution < -0.4 is 20.1 Å². The van der Waals surface area contributed by atoms with Crippen LogP contribution >= 0.6 is 23.2 Å². The number of benzene rings is 4. The monoisotopic (exact) mass is 674 g/mol. The highest BCUT2D eigenvalue weighted by atomic mass is 35.5. The minimum atomic E-state index is -0.581. The predicted molar refractivity (Wildman–Crippen MR) is 184 cm³/mol. The van der Waals surface area contributed by atoms with Gasteiger partial charge in [-0.05, 0) is 60.6 Å². The molecule has 242 valence electrons. The van der Waals surface area contributed by atoms with Gasteiger partial charge in [-0.25, -0.2) is 9.37 Å². The Kier molecular flexibility index (Phi) is 10.3. The van der Waals surface area contributed by atoms with Gasteiger partial charge in [0.15, 0.2) is 11.6 Å². The van der Waals surface area contributed by atoms with Crippen molar-refractivity contribution in [2.75, 3.05) is 57.0 Å². The first kappa shape index (κ1) is 32.5. The summed E-state index contributed by atoms with van der Waals surface area (Å²) in [5, 5.41) is 8.23. The van der Waals surface area contributed by atoms with Crippen LogP contribution in [0.5, 0.6) is 17.4 Å². The summed E-state index contributed by atoms with van der Waals surface area (Å²) in [5.41, 5.74) is 0.673. The van der Waals surface area contributed by atoms with Crippen LogP contribution in [0.1, 0.15) is 16.8 Å². The number of piperazine rings is 1. The quantitative estimate of drug-likeness (QED) is 0.137. The number of anilines is 3. The van der Waals surface area contributed by atoms with Gasteiger partial charge >= 0.3 is 0 Å². The molecular formula is C35H33Cl2FN6O3. The second kappa shape index (κ2) is 15.0. The summed E-state index contributed by atoms with van der Waals surface area (Å²) in [6.45, 7) is 5.50. The van der Waals surface area contributed by atoms with E-state index in [1.807, 2.05) is 36.4 Å². The highest BCUT2D eigenvalue weighted by Crippen LogP contribution is 2.33. The number of nitrogens with zero attached hydrogens (tertiary/aromatic N) is 4. The van der Waals surface area contributed by atoms with Crippen LogP contribution in [0.2, 0.25) is 10.0 Å². The van der Waals surface area contributed by atoms with E-state index in [4.69, 9.17) is 32.7 Å². The molecule has 4 aromatic carbocycles. The number of amides is 1. The van der Waals surface area contributed by atoms with Gasteiger partial charge in [-0.15, -0.1) is 0 Å². The average molecular weight is 676 g/mol. The molecule has 0 spiro atoms. The lowest BCUT2D eigenvalue weighted by Gasteiger charge is -2.32. The van der Waals surface area contributed by atoms with Gasteiger partial charge in [-0.1, -0.05) is 59.6 Å². The first-order valence-corrected chi connectivity index (χ1v) is 16.0. The summed E-state index contributed by atoms with van der Waals surface area (Å²) in [5.74, 6) is -0.413. The molecule has 0 bridgehead atoms. The normalized spacial score (nSPS) is 13.8. The lowest BCUT2D eigenvalue weighted by Crippen LogP contribution is -2.44. The van der Waals surface area contributed by atoms with E-state index in [9.17, 15) is 9.18 Å². The first-order valence-electron chi connectivity index (χ1n) is 15.2. The van der Waals surface area contributed by atoms with Gasteiger partial charge in [0.1, 0.15) is 11.3 Å². The van der Waals surface area contributed by atoms with E-state index < -0.39 is 11.7 Å². The number of hydrogen-bond donors (Lipinski definition) is 2. The predicted octanol–water partition coefficient (Wildman–Crippen LogP) is 7.88. The Morgan fingerprint density at radius 2 is 1.70 bits per heavy atom. The molecule has 6 rings (SSSR count). The number of para-hydroxylation sites is 1. The Morgan fingerprint density at radius 1 is 0.936 bits per heavy atom. The van der Waals surface area contributed by atoms with E-state index in [-0.39, 0.29) is 38.9 Å². The minimum absolute atomic E-state index is 0.0285. The van der Waals surface area contributed by atoms with Crippen molar-refractivity contribution in [3.63, 3.8) is 0 Å². The first-order chi connectivity index (χ1) is 22.8. The summed E-state index contributed by atoms with van der Waals surface area (Å²) in [6, 6.07) is 22.8. The average Bonchev–Trinajstić information content (AvgIpc) is 3.06. The maximum absolute atomic E-state index is 15.0.